The molecule has 0 bridgehead atoms. The van der Waals surface area contributed by atoms with Crippen molar-refractivity contribution in [3.05, 3.63) is 0 Å². The fraction of sp³-hybridized carbons (Fsp3) is 0.900. The van der Waals surface area contributed by atoms with E-state index in [1.54, 1.807) is 0 Å². The van der Waals surface area contributed by atoms with Crippen LogP contribution in [0.25, 0.3) is 0 Å². The van der Waals surface area contributed by atoms with Crippen LogP contribution in [0.2, 0.25) is 0 Å². The lowest BCUT2D eigenvalue weighted by Gasteiger charge is -2.16. The first-order valence-corrected chi connectivity index (χ1v) is 4.82. The first kappa shape index (κ1) is 11.6. The molecule has 0 saturated heterocycles. The predicted molar refractivity (Wildman–Crippen MR) is 50.2 cm³/mol. The zero-order valence-corrected chi connectivity index (χ0v) is 8.59. The van der Waals surface area contributed by atoms with E-state index in [0.717, 1.165) is 12.8 Å². The lowest BCUT2D eigenvalue weighted by molar-refractivity contribution is -0.133. The summed E-state index contributed by atoms with van der Waals surface area (Å²) in [7, 11) is 0. The van der Waals surface area contributed by atoms with Gasteiger partial charge in [-0.2, -0.15) is 0 Å². The molecule has 0 heterocycles. The number of hydrogen-bond acceptors (Lipinski definition) is 2. The van der Waals surface area contributed by atoms with Crippen molar-refractivity contribution in [2.75, 3.05) is 6.61 Å². The van der Waals surface area contributed by atoms with Crippen molar-refractivity contribution in [1.82, 2.24) is 0 Å². The average molecular weight is 172 g/mol. The fourth-order valence-electron chi connectivity index (χ4n) is 1.36. The van der Waals surface area contributed by atoms with Crippen LogP contribution in [0.5, 0.6) is 0 Å². The summed E-state index contributed by atoms with van der Waals surface area (Å²) in [6.45, 7) is 8.46. The lowest BCUT2D eigenvalue weighted by atomic mass is 9.95. The second-order valence-corrected chi connectivity index (χ2v) is 3.01. The Labute approximate surface area is 75.3 Å². The maximum atomic E-state index is 11.6. The van der Waals surface area contributed by atoms with Crippen molar-refractivity contribution in [3.8, 4) is 0 Å². The third kappa shape index (κ3) is 3.35. The smallest absolute Gasteiger partial charge is 0.164 e. The molecule has 0 fully saturated rings. The Balaban J connectivity index is 3.97. The topological polar surface area (TPSA) is 26.3 Å². The molecule has 1 unspecified atom stereocenters. The van der Waals surface area contributed by atoms with Crippen LogP contribution in [-0.4, -0.2) is 18.5 Å². The molecule has 0 saturated carbocycles. The Morgan fingerprint density at radius 1 is 1.25 bits per heavy atom. The van der Waals surface area contributed by atoms with Crippen molar-refractivity contribution in [2.45, 2.75) is 46.6 Å². The van der Waals surface area contributed by atoms with Crippen molar-refractivity contribution < 1.29 is 9.53 Å². The van der Waals surface area contributed by atoms with Crippen LogP contribution < -0.4 is 0 Å². The van der Waals surface area contributed by atoms with Gasteiger partial charge in [0.2, 0.25) is 0 Å². The summed E-state index contributed by atoms with van der Waals surface area (Å²) in [5, 5.41) is 0. The highest BCUT2D eigenvalue weighted by atomic mass is 16.5. The van der Waals surface area contributed by atoms with Crippen molar-refractivity contribution >= 4 is 5.78 Å². The number of rotatable bonds is 6. The van der Waals surface area contributed by atoms with Crippen LogP contribution in [0, 0.1) is 5.92 Å². The number of Topliss-reactive ketones (excluding diaryl/α,β-unsaturated/α-hetero) is 1. The quantitative estimate of drug-likeness (QED) is 0.615. The fourth-order valence-corrected chi connectivity index (χ4v) is 1.36. The summed E-state index contributed by atoms with van der Waals surface area (Å²) in [5.74, 6) is 0.438. The summed E-state index contributed by atoms with van der Waals surface area (Å²) in [5.41, 5.74) is 0. The first-order valence-electron chi connectivity index (χ1n) is 4.82. The molecule has 0 spiro atoms. The minimum absolute atomic E-state index is 0.187. The molecule has 12 heavy (non-hydrogen) atoms. The van der Waals surface area contributed by atoms with Crippen LogP contribution in [0.3, 0.4) is 0 Å². The van der Waals surface area contributed by atoms with E-state index in [1.165, 1.54) is 0 Å². The van der Waals surface area contributed by atoms with Gasteiger partial charge in [0.15, 0.2) is 5.78 Å². The van der Waals surface area contributed by atoms with Gasteiger partial charge >= 0.3 is 0 Å². The third-order valence-electron chi connectivity index (χ3n) is 2.21. The van der Waals surface area contributed by atoms with E-state index in [0.29, 0.717) is 6.61 Å². The number of hydrogen-bond donors (Lipinski definition) is 0. The lowest BCUT2D eigenvalue weighted by Crippen LogP contribution is -2.27. The molecule has 0 amide bonds. The Kier molecular flexibility index (Phi) is 5.99. The average Bonchev–Trinajstić information content (AvgIpc) is 2.07. The second-order valence-electron chi connectivity index (χ2n) is 3.01. The van der Waals surface area contributed by atoms with Crippen molar-refractivity contribution in [1.29, 1.82) is 0 Å². The van der Waals surface area contributed by atoms with Gasteiger partial charge < -0.3 is 4.74 Å². The standard InChI is InChI=1S/C10H20O2/c1-5-9(6-2)10(11)8(4)12-7-3/h8-9H,5-7H2,1-4H3. The third-order valence-corrected chi connectivity index (χ3v) is 2.21. The van der Waals surface area contributed by atoms with Gasteiger partial charge in [-0.15, -0.1) is 0 Å². The van der Waals surface area contributed by atoms with E-state index in [-0.39, 0.29) is 17.8 Å². The first-order chi connectivity index (χ1) is 5.67. The molecular formula is C10H20O2. The maximum absolute atomic E-state index is 11.6. The second kappa shape index (κ2) is 6.18. The molecule has 72 valence electrons. The van der Waals surface area contributed by atoms with E-state index < -0.39 is 0 Å². The zero-order valence-electron chi connectivity index (χ0n) is 8.59. The van der Waals surface area contributed by atoms with E-state index in [2.05, 4.69) is 0 Å². The van der Waals surface area contributed by atoms with Gasteiger partial charge in [0.25, 0.3) is 0 Å². The summed E-state index contributed by atoms with van der Waals surface area (Å²) >= 11 is 0. The molecule has 1 atom stereocenters. The minimum atomic E-state index is -0.222. The zero-order chi connectivity index (χ0) is 9.56. The molecular weight excluding hydrogens is 152 g/mol. The van der Waals surface area contributed by atoms with Crippen LogP contribution in [0.1, 0.15) is 40.5 Å². The van der Waals surface area contributed by atoms with Gasteiger partial charge in [-0.25, -0.2) is 0 Å². The van der Waals surface area contributed by atoms with Crippen LogP contribution in [0.15, 0.2) is 0 Å². The highest BCUT2D eigenvalue weighted by Crippen LogP contribution is 2.12. The Hall–Kier alpha value is -0.370. The predicted octanol–water partition coefficient (Wildman–Crippen LogP) is 2.42. The van der Waals surface area contributed by atoms with E-state index >= 15 is 0 Å². The molecule has 0 aromatic heterocycles. The van der Waals surface area contributed by atoms with E-state index in [4.69, 9.17) is 4.74 Å². The normalized spacial score (nSPS) is 13.4. The van der Waals surface area contributed by atoms with Crippen molar-refractivity contribution in [3.63, 3.8) is 0 Å². The van der Waals surface area contributed by atoms with Crippen LogP contribution in [0.4, 0.5) is 0 Å². The molecule has 0 aliphatic rings. The molecule has 0 aromatic rings. The summed E-state index contributed by atoms with van der Waals surface area (Å²) in [4.78, 5) is 11.6. The summed E-state index contributed by atoms with van der Waals surface area (Å²) in [6, 6.07) is 0. The molecule has 2 nitrogen and oxygen atoms in total. The SMILES string of the molecule is CCOC(C)C(=O)C(CC)CC. The molecule has 2 heteroatoms. The van der Waals surface area contributed by atoms with Gasteiger partial charge in [0, 0.05) is 12.5 Å². The molecule has 0 aliphatic carbocycles. The Morgan fingerprint density at radius 3 is 2.08 bits per heavy atom. The van der Waals surface area contributed by atoms with Crippen LogP contribution >= 0.6 is 0 Å². The van der Waals surface area contributed by atoms with E-state index in [1.807, 2.05) is 27.7 Å². The van der Waals surface area contributed by atoms with Gasteiger partial charge in [-0.05, 0) is 26.7 Å². The highest BCUT2D eigenvalue weighted by molar-refractivity contribution is 5.84. The largest absolute Gasteiger partial charge is 0.371 e. The Bertz CT molecular complexity index is 128. The van der Waals surface area contributed by atoms with Crippen molar-refractivity contribution in [2.24, 2.45) is 5.92 Å². The number of carbonyl (C=O) groups excluding carboxylic acids is 1. The van der Waals surface area contributed by atoms with Gasteiger partial charge in [0.05, 0.1) is 0 Å². The minimum Gasteiger partial charge on any atom is -0.371 e. The van der Waals surface area contributed by atoms with Gasteiger partial charge in [0.1, 0.15) is 6.10 Å². The number of carbonyl (C=O) groups is 1. The van der Waals surface area contributed by atoms with Gasteiger partial charge in [-0.3, -0.25) is 4.79 Å². The Morgan fingerprint density at radius 2 is 1.75 bits per heavy atom. The van der Waals surface area contributed by atoms with Crippen LogP contribution in [-0.2, 0) is 9.53 Å². The monoisotopic (exact) mass is 172 g/mol. The van der Waals surface area contributed by atoms with Gasteiger partial charge in [-0.1, -0.05) is 13.8 Å². The van der Waals surface area contributed by atoms with E-state index in [9.17, 15) is 4.79 Å². The molecule has 0 rings (SSSR count). The molecule has 0 radical (unpaired) electrons. The summed E-state index contributed by atoms with van der Waals surface area (Å²) in [6.07, 6.45) is 1.62. The number of ketones is 1. The number of ether oxygens (including phenoxy) is 1. The summed E-state index contributed by atoms with van der Waals surface area (Å²) < 4.78 is 5.24. The maximum Gasteiger partial charge on any atom is 0.164 e. The molecule has 0 aromatic carbocycles. The molecule has 0 N–H and O–H groups in total. The molecule has 0 aliphatic heterocycles. The highest BCUT2D eigenvalue weighted by Gasteiger charge is 2.20.